The van der Waals surface area contributed by atoms with Crippen LogP contribution < -0.4 is 16.0 Å². The Morgan fingerprint density at radius 2 is 2.29 bits per heavy atom. The molecule has 3 N–H and O–H groups in total. The molecule has 6 nitrogen and oxygen atoms in total. The number of nitrogens with zero attached hydrogens (tertiary/aromatic N) is 3. The van der Waals surface area contributed by atoms with Gasteiger partial charge in [0.05, 0.1) is 12.7 Å². The van der Waals surface area contributed by atoms with Crippen molar-refractivity contribution in [1.29, 1.82) is 0 Å². The summed E-state index contributed by atoms with van der Waals surface area (Å²) in [5.41, 5.74) is 6.54. The molecule has 0 unspecified atom stereocenters. The second kappa shape index (κ2) is 6.82. The molecule has 1 atom stereocenters. The maximum atomic E-state index is 5.61. The smallest absolute Gasteiger partial charge is 0.188 e. The van der Waals surface area contributed by atoms with Crippen molar-refractivity contribution in [2.45, 2.75) is 25.0 Å². The van der Waals surface area contributed by atoms with E-state index in [0.717, 1.165) is 22.3 Å². The van der Waals surface area contributed by atoms with E-state index < -0.39 is 0 Å². The summed E-state index contributed by atoms with van der Waals surface area (Å²) in [5, 5.41) is 4.04. The van der Waals surface area contributed by atoms with Crippen LogP contribution in [-0.4, -0.2) is 34.9 Å². The Labute approximate surface area is 129 Å². The minimum absolute atomic E-state index is 0.0392. The van der Waals surface area contributed by atoms with E-state index in [1.807, 2.05) is 18.7 Å². The molecule has 3 heterocycles. The highest BCUT2D eigenvalue weighted by Gasteiger charge is 2.28. The van der Waals surface area contributed by atoms with Crippen molar-refractivity contribution in [3.63, 3.8) is 0 Å². The van der Waals surface area contributed by atoms with Crippen LogP contribution in [-0.2, 0) is 4.74 Å². The van der Waals surface area contributed by atoms with E-state index in [0.29, 0.717) is 24.8 Å². The molecule has 114 valence electrons. The van der Waals surface area contributed by atoms with Gasteiger partial charge in [-0.3, -0.25) is 4.90 Å². The third kappa shape index (κ3) is 3.30. The summed E-state index contributed by atoms with van der Waals surface area (Å²) in [7, 11) is 0. The zero-order chi connectivity index (χ0) is 15.4. The Morgan fingerprint density at radius 3 is 2.95 bits per heavy atom. The first kappa shape index (κ1) is 15.7. The SMILES string of the molecule is C=C1CSc2ncc(N3C[C@@H](CN)OC3=C)nc2N1.CC. The fourth-order valence-corrected chi connectivity index (χ4v) is 2.73. The average Bonchev–Trinajstić information content (AvgIpc) is 2.89. The number of fused-ring (bicyclic) bond motifs is 1. The molecule has 21 heavy (non-hydrogen) atoms. The fourth-order valence-electron chi connectivity index (χ4n) is 1.99. The number of nitrogens with two attached hydrogens (primary N) is 1. The average molecular weight is 307 g/mol. The summed E-state index contributed by atoms with van der Waals surface area (Å²) in [6.07, 6.45) is 1.69. The van der Waals surface area contributed by atoms with Crippen LogP contribution in [0.4, 0.5) is 11.6 Å². The van der Waals surface area contributed by atoms with Gasteiger partial charge in [0.25, 0.3) is 0 Å². The molecular weight excluding hydrogens is 286 g/mol. The van der Waals surface area contributed by atoms with Gasteiger partial charge in [-0.25, -0.2) is 9.97 Å². The highest BCUT2D eigenvalue weighted by Crippen LogP contribution is 2.33. The van der Waals surface area contributed by atoms with E-state index in [4.69, 9.17) is 10.5 Å². The lowest BCUT2D eigenvalue weighted by molar-refractivity contribution is 0.176. The minimum Gasteiger partial charge on any atom is -0.473 e. The van der Waals surface area contributed by atoms with Crippen LogP contribution in [0.15, 0.2) is 36.0 Å². The van der Waals surface area contributed by atoms with Crippen molar-refractivity contribution in [1.82, 2.24) is 9.97 Å². The van der Waals surface area contributed by atoms with Crippen LogP contribution >= 0.6 is 11.8 Å². The summed E-state index contributed by atoms with van der Waals surface area (Å²) in [5.74, 6) is 2.83. The number of hydrogen-bond acceptors (Lipinski definition) is 7. The number of thioether (sulfide) groups is 1. The number of hydrogen-bond donors (Lipinski definition) is 2. The van der Waals surface area contributed by atoms with Crippen LogP contribution in [0.3, 0.4) is 0 Å². The summed E-state index contributed by atoms with van der Waals surface area (Å²) in [4.78, 5) is 10.8. The molecule has 0 bridgehead atoms. The van der Waals surface area contributed by atoms with E-state index in [2.05, 4.69) is 28.4 Å². The highest BCUT2D eigenvalue weighted by atomic mass is 32.2. The fraction of sp³-hybridized carbons (Fsp3) is 0.429. The van der Waals surface area contributed by atoms with Crippen molar-refractivity contribution < 1.29 is 4.74 Å². The summed E-state index contributed by atoms with van der Waals surface area (Å²) < 4.78 is 5.54. The molecule has 1 aromatic rings. The van der Waals surface area contributed by atoms with E-state index in [9.17, 15) is 0 Å². The molecule has 0 amide bonds. The van der Waals surface area contributed by atoms with E-state index in [-0.39, 0.29) is 6.10 Å². The van der Waals surface area contributed by atoms with Crippen LogP contribution in [0.2, 0.25) is 0 Å². The van der Waals surface area contributed by atoms with Gasteiger partial charge in [0.2, 0.25) is 0 Å². The monoisotopic (exact) mass is 307 g/mol. The summed E-state index contributed by atoms with van der Waals surface area (Å²) in [6.45, 7) is 12.9. The molecule has 3 rings (SSSR count). The van der Waals surface area contributed by atoms with E-state index >= 15 is 0 Å². The Hall–Kier alpha value is -1.73. The normalized spacial score (nSPS) is 20.1. The number of nitrogens with one attached hydrogen (secondary N) is 1. The molecule has 1 aromatic heterocycles. The number of rotatable bonds is 2. The predicted octanol–water partition coefficient (Wildman–Crippen LogP) is 2.17. The lowest BCUT2D eigenvalue weighted by Crippen LogP contribution is -2.27. The second-order valence-electron chi connectivity index (χ2n) is 4.38. The van der Waals surface area contributed by atoms with Crippen molar-refractivity contribution in [2.24, 2.45) is 5.73 Å². The molecule has 1 saturated heterocycles. The zero-order valence-corrected chi connectivity index (χ0v) is 13.2. The summed E-state index contributed by atoms with van der Waals surface area (Å²) in [6, 6.07) is 0. The van der Waals surface area contributed by atoms with Crippen LogP contribution in [0.1, 0.15) is 13.8 Å². The van der Waals surface area contributed by atoms with Gasteiger partial charge < -0.3 is 15.8 Å². The Kier molecular flexibility index (Phi) is 5.08. The summed E-state index contributed by atoms with van der Waals surface area (Å²) >= 11 is 1.63. The molecular formula is C14H21N5OS. The van der Waals surface area contributed by atoms with Crippen molar-refractivity contribution >= 4 is 23.4 Å². The first-order valence-electron chi connectivity index (χ1n) is 6.95. The topological polar surface area (TPSA) is 76.3 Å². The Morgan fingerprint density at radius 1 is 1.52 bits per heavy atom. The maximum Gasteiger partial charge on any atom is 0.188 e. The zero-order valence-electron chi connectivity index (χ0n) is 12.4. The first-order chi connectivity index (χ1) is 10.2. The van der Waals surface area contributed by atoms with Gasteiger partial charge in [0, 0.05) is 18.0 Å². The lowest BCUT2D eigenvalue weighted by Gasteiger charge is -2.20. The van der Waals surface area contributed by atoms with Crippen molar-refractivity contribution in [2.75, 3.05) is 29.1 Å². The van der Waals surface area contributed by atoms with Crippen molar-refractivity contribution in [3.05, 3.63) is 30.9 Å². The molecule has 0 saturated carbocycles. The molecule has 1 fully saturated rings. The van der Waals surface area contributed by atoms with Gasteiger partial charge in [0.15, 0.2) is 17.5 Å². The molecule has 2 aliphatic rings. The van der Waals surface area contributed by atoms with Gasteiger partial charge in [0.1, 0.15) is 11.1 Å². The predicted molar refractivity (Wildman–Crippen MR) is 87.3 cm³/mol. The van der Waals surface area contributed by atoms with E-state index in [1.54, 1.807) is 18.0 Å². The largest absolute Gasteiger partial charge is 0.473 e. The minimum atomic E-state index is -0.0392. The number of ether oxygens (including phenoxy) is 1. The molecule has 2 aliphatic heterocycles. The molecule has 0 aromatic carbocycles. The standard InChI is InChI=1S/C12H15N5OS.C2H6/c1-7-6-19-12-11(15-7)16-10(4-14-12)17-5-9(3-13)18-8(17)2;1-2/h4,9H,1-3,5-6,13H2,(H,15,16);1-2H3/t9-;/m1./s1. The molecule has 0 aliphatic carbocycles. The van der Waals surface area contributed by atoms with Crippen LogP contribution in [0.25, 0.3) is 0 Å². The van der Waals surface area contributed by atoms with Gasteiger partial charge in [-0.2, -0.15) is 0 Å². The molecule has 0 spiro atoms. The van der Waals surface area contributed by atoms with Gasteiger partial charge in [-0.05, 0) is 6.58 Å². The van der Waals surface area contributed by atoms with E-state index in [1.165, 1.54) is 0 Å². The van der Waals surface area contributed by atoms with Gasteiger partial charge in [-0.15, -0.1) is 0 Å². The Balaban J connectivity index is 0.000000774. The third-order valence-corrected chi connectivity index (χ3v) is 4.00. The first-order valence-corrected chi connectivity index (χ1v) is 7.93. The van der Waals surface area contributed by atoms with Crippen LogP contribution in [0, 0.1) is 0 Å². The maximum absolute atomic E-state index is 5.61. The highest BCUT2D eigenvalue weighted by molar-refractivity contribution is 7.99. The molecule has 7 heteroatoms. The quantitative estimate of drug-likeness (QED) is 0.867. The Bertz CT molecular complexity index is 548. The molecule has 0 radical (unpaired) electrons. The van der Waals surface area contributed by atoms with Crippen molar-refractivity contribution in [3.8, 4) is 0 Å². The lowest BCUT2D eigenvalue weighted by atomic mass is 10.3. The second-order valence-corrected chi connectivity index (χ2v) is 5.34. The van der Waals surface area contributed by atoms with Gasteiger partial charge >= 0.3 is 0 Å². The number of aromatic nitrogens is 2. The van der Waals surface area contributed by atoms with Gasteiger partial charge in [-0.1, -0.05) is 32.2 Å². The number of anilines is 2. The third-order valence-electron chi connectivity index (χ3n) is 2.93. The van der Waals surface area contributed by atoms with Crippen LogP contribution in [0.5, 0.6) is 0 Å².